The molecule has 0 fully saturated rings. The van der Waals surface area contributed by atoms with E-state index in [9.17, 15) is 4.79 Å². The van der Waals surface area contributed by atoms with E-state index in [0.717, 1.165) is 11.3 Å². The summed E-state index contributed by atoms with van der Waals surface area (Å²) in [5.74, 6) is 0.874. The lowest BCUT2D eigenvalue weighted by atomic mass is 9.84. The van der Waals surface area contributed by atoms with Crippen molar-refractivity contribution < 1.29 is 14.6 Å². The second kappa shape index (κ2) is 6.01. The van der Waals surface area contributed by atoms with E-state index >= 15 is 0 Å². The lowest BCUT2D eigenvalue weighted by molar-refractivity contribution is 0.0971. The molecule has 0 saturated heterocycles. The minimum Gasteiger partial charge on any atom is -0.496 e. The first-order valence-electron chi connectivity index (χ1n) is 6.22. The molecule has 0 aliphatic heterocycles. The molecule has 3 heteroatoms. The number of aliphatic hydroxyl groups excluding tert-OH is 1. The molecule has 0 saturated carbocycles. The average molecular weight is 250 g/mol. The van der Waals surface area contributed by atoms with Crippen LogP contribution in [0.15, 0.2) is 18.2 Å². The molecule has 0 aliphatic rings. The van der Waals surface area contributed by atoms with Gasteiger partial charge in [-0.15, -0.1) is 0 Å². The number of ketones is 1. The van der Waals surface area contributed by atoms with E-state index in [1.165, 1.54) is 0 Å². The molecule has 0 bridgehead atoms. The number of carbonyl (C=O) groups excluding carboxylic acids is 1. The van der Waals surface area contributed by atoms with Gasteiger partial charge in [0.1, 0.15) is 5.75 Å². The fourth-order valence-corrected chi connectivity index (χ4v) is 1.85. The number of ether oxygens (including phenoxy) is 1. The highest BCUT2D eigenvalue weighted by Gasteiger charge is 2.20. The molecule has 0 aromatic heterocycles. The summed E-state index contributed by atoms with van der Waals surface area (Å²) in [5, 5.41) is 8.76. The largest absolute Gasteiger partial charge is 0.496 e. The molecule has 0 atom stereocenters. The van der Waals surface area contributed by atoms with Crippen LogP contribution in [0.2, 0.25) is 0 Å². The van der Waals surface area contributed by atoms with Gasteiger partial charge in [-0.1, -0.05) is 20.8 Å². The van der Waals surface area contributed by atoms with Crippen molar-refractivity contribution in [3.05, 3.63) is 29.3 Å². The van der Waals surface area contributed by atoms with Crippen molar-refractivity contribution in [3.63, 3.8) is 0 Å². The first-order chi connectivity index (χ1) is 8.40. The third-order valence-electron chi connectivity index (χ3n) is 2.89. The van der Waals surface area contributed by atoms with Crippen LogP contribution in [0.1, 0.15) is 49.5 Å². The first kappa shape index (κ1) is 14.7. The Morgan fingerprint density at radius 2 is 2.00 bits per heavy atom. The second-order valence-corrected chi connectivity index (χ2v) is 5.42. The van der Waals surface area contributed by atoms with Crippen molar-refractivity contribution in [1.82, 2.24) is 0 Å². The first-order valence-corrected chi connectivity index (χ1v) is 6.22. The third-order valence-corrected chi connectivity index (χ3v) is 2.89. The quantitative estimate of drug-likeness (QED) is 0.817. The summed E-state index contributed by atoms with van der Waals surface area (Å²) in [6, 6.07) is 5.53. The van der Waals surface area contributed by atoms with Gasteiger partial charge >= 0.3 is 0 Å². The van der Waals surface area contributed by atoms with Crippen molar-refractivity contribution in [2.75, 3.05) is 13.7 Å². The summed E-state index contributed by atoms with van der Waals surface area (Å²) in [6.07, 6.45) is 0.891. The summed E-state index contributed by atoms with van der Waals surface area (Å²) in [5.41, 5.74) is 1.65. The van der Waals surface area contributed by atoms with Crippen molar-refractivity contribution in [2.45, 2.75) is 39.0 Å². The molecule has 0 radical (unpaired) electrons. The van der Waals surface area contributed by atoms with Gasteiger partial charge in [-0.25, -0.2) is 0 Å². The number of rotatable bonds is 5. The van der Waals surface area contributed by atoms with E-state index in [1.807, 2.05) is 12.1 Å². The number of hydrogen-bond donors (Lipinski definition) is 1. The monoisotopic (exact) mass is 250 g/mol. The molecule has 100 valence electrons. The number of benzene rings is 1. The number of methoxy groups -OCH3 is 1. The van der Waals surface area contributed by atoms with Crippen LogP contribution in [0.5, 0.6) is 5.75 Å². The molecule has 0 spiro atoms. The zero-order valence-electron chi connectivity index (χ0n) is 11.6. The summed E-state index contributed by atoms with van der Waals surface area (Å²) in [4.78, 5) is 11.9. The van der Waals surface area contributed by atoms with Crippen LogP contribution in [0, 0.1) is 0 Å². The minimum absolute atomic E-state index is 0.0496. The van der Waals surface area contributed by atoms with Crippen LogP contribution in [-0.2, 0) is 5.41 Å². The number of hydrogen-bond acceptors (Lipinski definition) is 3. The SMILES string of the molecule is COc1ccc(C(=O)CCCO)cc1C(C)(C)C. The normalized spacial score (nSPS) is 11.4. The summed E-state index contributed by atoms with van der Waals surface area (Å²) >= 11 is 0. The molecule has 0 aliphatic carbocycles. The van der Waals surface area contributed by atoms with Crippen LogP contribution in [0.4, 0.5) is 0 Å². The standard InChI is InChI=1S/C15H22O3/c1-15(2,3)12-10-11(7-8-14(12)18-4)13(17)6-5-9-16/h7-8,10,16H,5-6,9H2,1-4H3. The molecule has 0 heterocycles. The van der Waals surface area contributed by atoms with Gasteiger partial charge in [0.15, 0.2) is 5.78 Å². The summed E-state index contributed by atoms with van der Waals surface area (Å²) < 4.78 is 5.34. The molecular weight excluding hydrogens is 228 g/mol. The molecule has 1 aromatic rings. The summed E-state index contributed by atoms with van der Waals surface area (Å²) in [6.45, 7) is 6.32. The van der Waals surface area contributed by atoms with Gasteiger partial charge in [0, 0.05) is 24.2 Å². The topological polar surface area (TPSA) is 46.5 Å². The van der Waals surface area contributed by atoms with Gasteiger partial charge in [-0.2, -0.15) is 0 Å². The maximum atomic E-state index is 11.9. The Labute approximate surface area is 109 Å². The Morgan fingerprint density at radius 3 is 2.50 bits per heavy atom. The molecule has 1 rings (SSSR count). The van der Waals surface area contributed by atoms with E-state index < -0.39 is 0 Å². The lowest BCUT2D eigenvalue weighted by Gasteiger charge is -2.22. The predicted octanol–water partition coefficient (Wildman–Crippen LogP) is 2.95. The molecule has 3 nitrogen and oxygen atoms in total. The average Bonchev–Trinajstić information content (AvgIpc) is 2.34. The van der Waals surface area contributed by atoms with Gasteiger partial charge in [-0.05, 0) is 30.0 Å². The highest BCUT2D eigenvalue weighted by Crippen LogP contribution is 2.32. The Balaban J connectivity index is 3.07. The zero-order valence-corrected chi connectivity index (χ0v) is 11.6. The van der Waals surface area contributed by atoms with Crippen LogP contribution < -0.4 is 4.74 Å². The Morgan fingerprint density at radius 1 is 1.33 bits per heavy atom. The van der Waals surface area contributed by atoms with Crippen LogP contribution in [0.25, 0.3) is 0 Å². The Kier molecular flexibility index (Phi) is 4.91. The lowest BCUT2D eigenvalue weighted by Crippen LogP contribution is -2.14. The minimum atomic E-state index is -0.0708. The van der Waals surface area contributed by atoms with Crippen LogP contribution in [0.3, 0.4) is 0 Å². The van der Waals surface area contributed by atoms with Crippen molar-refractivity contribution in [3.8, 4) is 5.75 Å². The maximum absolute atomic E-state index is 11.9. The fourth-order valence-electron chi connectivity index (χ4n) is 1.85. The third kappa shape index (κ3) is 3.57. The van der Waals surface area contributed by atoms with Crippen LogP contribution in [-0.4, -0.2) is 24.6 Å². The number of aliphatic hydroxyl groups is 1. The van der Waals surface area contributed by atoms with Gasteiger partial charge in [0.05, 0.1) is 7.11 Å². The van der Waals surface area contributed by atoms with Gasteiger partial charge in [0.25, 0.3) is 0 Å². The predicted molar refractivity (Wildman–Crippen MR) is 72.3 cm³/mol. The van der Waals surface area contributed by atoms with Crippen molar-refractivity contribution >= 4 is 5.78 Å². The van der Waals surface area contributed by atoms with E-state index in [0.29, 0.717) is 18.4 Å². The Bertz CT molecular complexity index is 416. The molecule has 1 aromatic carbocycles. The number of Topliss-reactive ketones (excluding diaryl/α,β-unsaturated/α-hetero) is 1. The zero-order chi connectivity index (χ0) is 13.8. The highest BCUT2D eigenvalue weighted by atomic mass is 16.5. The van der Waals surface area contributed by atoms with Gasteiger partial charge < -0.3 is 9.84 Å². The summed E-state index contributed by atoms with van der Waals surface area (Å²) in [7, 11) is 1.64. The Hall–Kier alpha value is -1.35. The molecular formula is C15H22O3. The molecule has 0 amide bonds. The van der Waals surface area contributed by atoms with Gasteiger partial charge in [0.2, 0.25) is 0 Å². The smallest absolute Gasteiger partial charge is 0.162 e. The van der Waals surface area contributed by atoms with E-state index in [4.69, 9.17) is 9.84 Å². The fraction of sp³-hybridized carbons (Fsp3) is 0.533. The second-order valence-electron chi connectivity index (χ2n) is 5.42. The molecule has 1 N–H and O–H groups in total. The van der Waals surface area contributed by atoms with Crippen LogP contribution >= 0.6 is 0 Å². The van der Waals surface area contributed by atoms with E-state index in [1.54, 1.807) is 13.2 Å². The van der Waals surface area contributed by atoms with E-state index in [-0.39, 0.29) is 17.8 Å². The maximum Gasteiger partial charge on any atom is 0.162 e. The molecule has 0 unspecified atom stereocenters. The molecule has 18 heavy (non-hydrogen) atoms. The van der Waals surface area contributed by atoms with E-state index in [2.05, 4.69) is 20.8 Å². The number of carbonyl (C=O) groups is 1. The van der Waals surface area contributed by atoms with Gasteiger partial charge in [-0.3, -0.25) is 4.79 Å². The van der Waals surface area contributed by atoms with Crippen molar-refractivity contribution in [2.24, 2.45) is 0 Å². The highest BCUT2D eigenvalue weighted by molar-refractivity contribution is 5.96. The van der Waals surface area contributed by atoms with Crippen molar-refractivity contribution in [1.29, 1.82) is 0 Å².